The van der Waals surface area contributed by atoms with Crippen molar-refractivity contribution in [3.63, 3.8) is 0 Å². The van der Waals surface area contributed by atoms with Crippen LogP contribution in [0.4, 0.5) is 5.69 Å². The molecular weight excluding hydrogens is 502 g/mol. The topological polar surface area (TPSA) is 114 Å². The van der Waals surface area contributed by atoms with Gasteiger partial charge in [-0.3, -0.25) is 4.72 Å². The van der Waals surface area contributed by atoms with Gasteiger partial charge < -0.3 is 14.1 Å². The molecule has 2 N–H and O–H groups in total. The predicted octanol–water partition coefficient (Wildman–Crippen LogP) is 5.16. The van der Waals surface area contributed by atoms with Crippen LogP contribution < -0.4 is 10.3 Å². The first kappa shape index (κ1) is 25.8. The van der Waals surface area contributed by atoms with E-state index in [9.17, 15) is 18.3 Å². The maximum Gasteiger partial charge on any atom is 0.343 e. The second kappa shape index (κ2) is 10.5. The lowest BCUT2D eigenvalue weighted by Crippen LogP contribution is -2.18. The Morgan fingerprint density at radius 1 is 1.13 bits per heavy atom. The molecule has 1 fully saturated rings. The SMILES string of the molecule is CC[C@H](Cc1ccccc1)c1cc(O)c(C(c2cccc(NS(=O)(=O)c3cn(C)cn3)c2)C2CC2)c(=O)o1. The summed E-state index contributed by atoms with van der Waals surface area (Å²) in [5, 5.41) is 11.0. The van der Waals surface area contributed by atoms with Crippen LogP contribution in [0.5, 0.6) is 5.75 Å². The molecule has 0 aliphatic heterocycles. The Balaban J connectivity index is 1.46. The van der Waals surface area contributed by atoms with Crippen molar-refractivity contribution in [2.45, 2.75) is 49.5 Å². The second-order valence-electron chi connectivity index (χ2n) is 9.95. The molecule has 1 aliphatic carbocycles. The number of rotatable bonds is 10. The van der Waals surface area contributed by atoms with Crippen LogP contribution in [0.3, 0.4) is 0 Å². The number of sulfonamides is 1. The number of aryl methyl sites for hydroxylation is 1. The maximum absolute atomic E-state index is 13.3. The molecule has 1 saturated carbocycles. The van der Waals surface area contributed by atoms with Gasteiger partial charge in [-0.2, -0.15) is 8.42 Å². The van der Waals surface area contributed by atoms with Gasteiger partial charge in [0.2, 0.25) is 0 Å². The highest BCUT2D eigenvalue weighted by atomic mass is 32.2. The summed E-state index contributed by atoms with van der Waals surface area (Å²) in [5.41, 5.74) is 1.89. The van der Waals surface area contributed by atoms with Crippen molar-refractivity contribution in [1.82, 2.24) is 9.55 Å². The average Bonchev–Trinajstić information content (AvgIpc) is 3.63. The van der Waals surface area contributed by atoms with Gasteiger partial charge in [0.05, 0.1) is 11.9 Å². The van der Waals surface area contributed by atoms with Crippen molar-refractivity contribution in [3.05, 3.63) is 106 Å². The van der Waals surface area contributed by atoms with E-state index in [0.29, 0.717) is 17.9 Å². The van der Waals surface area contributed by atoms with Crippen molar-refractivity contribution in [2.75, 3.05) is 4.72 Å². The van der Waals surface area contributed by atoms with E-state index in [2.05, 4.69) is 9.71 Å². The monoisotopic (exact) mass is 533 g/mol. The van der Waals surface area contributed by atoms with Gasteiger partial charge in [-0.1, -0.05) is 49.4 Å². The molecule has 8 nitrogen and oxygen atoms in total. The Bertz CT molecular complexity index is 1590. The molecule has 1 aliphatic rings. The highest BCUT2D eigenvalue weighted by Gasteiger charge is 2.38. The summed E-state index contributed by atoms with van der Waals surface area (Å²) in [5.74, 6) is 0.0827. The Kier molecular flexibility index (Phi) is 7.12. The van der Waals surface area contributed by atoms with Gasteiger partial charge in [0.15, 0.2) is 5.03 Å². The second-order valence-corrected chi connectivity index (χ2v) is 11.6. The van der Waals surface area contributed by atoms with Crippen LogP contribution in [0.2, 0.25) is 0 Å². The number of hydrogen-bond acceptors (Lipinski definition) is 6. The maximum atomic E-state index is 13.3. The number of nitrogens with one attached hydrogen (secondary N) is 1. The van der Waals surface area contributed by atoms with E-state index in [4.69, 9.17) is 4.42 Å². The van der Waals surface area contributed by atoms with E-state index in [1.54, 1.807) is 35.9 Å². The molecule has 5 rings (SSSR count). The molecule has 38 heavy (non-hydrogen) atoms. The average molecular weight is 534 g/mol. The van der Waals surface area contributed by atoms with E-state index in [-0.39, 0.29) is 28.2 Å². The quantitative estimate of drug-likeness (QED) is 0.291. The summed E-state index contributed by atoms with van der Waals surface area (Å²) < 4.78 is 35.5. The molecule has 2 atom stereocenters. The third-order valence-electron chi connectivity index (χ3n) is 7.06. The molecule has 198 valence electrons. The number of anilines is 1. The number of nitrogens with zero attached hydrogens (tertiary/aromatic N) is 2. The van der Waals surface area contributed by atoms with Crippen molar-refractivity contribution >= 4 is 15.7 Å². The number of imidazole rings is 1. The van der Waals surface area contributed by atoms with E-state index in [0.717, 1.165) is 30.4 Å². The summed E-state index contributed by atoms with van der Waals surface area (Å²) in [6, 6.07) is 18.5. The van der Waals surface area contributed by atoms with Crippen LogP contribution in [0.25, 0.3) is 0 Å². The molecular formula is C29H31N3O5S. The highest BCUT2D eigenvalue weighted by molar-refractivity contribution is 7.92. The summed E-state index contributed by atoms with van der Waals surface area (Å²) in [6.07, 6.45) is 6.10. The van der Waals surface area contributed by atoms with Crippen molar-refractivity contribution in [3.8, 4) is 5.75 Å². The summed E-state index contributed by atoms with van der Waals surface area (Å²) in [4.78, 5) is 17.3. The molecule has 2 aromatic heterocycles. The zero-order chi connectivity index (χ0) is 26.9. The van der Waals surface area contributed by atoms with Gasteiger partial charge in [0, 0.05) is 36.8 Å². The first-order valence-electron chi connectivity index (χ1n) is 12.8. The van der Waals surface area contributed by atoms with Crippen molar-refractivity contribution in [1.29, 1.82) is 0 Å². The lowest BCUT2D eigenvalue weighted by Gasteiger charge is -2.20. The minimum atomic E-state index is -3.88. The third kappa shape index (κ3) is 5.52. The molecule has 0 bridgehead atoms. The number of aromatic nitrogens is 2. The molecule has 2 heterocycles. The zero-order valence-corrected chi connectivity index (χ0v) is 22.2. The predicted molar refractivity (Wildman–Crippen MR) is 145 cm³/mol. The minimum absolute atomic E-state index is 0.0474. The van der Waals surface area contributed by atoms with Gasteiger partial charge >= 0.3 is 5.63 Å². The first-order valence-corrected chi connectivity index (χ1v) is 14.2. The van der Waals surface area contributed by atoms with Crippen LogP contribution in [0.15, 0.2) is 87.4 Å². The van der Waals surface area contributed by atoms with Crippen molar-refractivity contribution < 1.29 is 17.9 Å². The fraction of sp³-hybridized carbons (Fsp3) is 0.310. The van der Waals surface area contributed by atoms with Gasteiger partial charge in [-0.15, -0.1) is 0 Å². The summed E-state index contributed by atoms with van der Waals surface area (Å²) in [6.45, 7) is 2.03. The molecule has 9 heteroatoms. The number of hydrogen-bond donors (Lipinski definition) is 2. The molecule has 0 spiro atoms. The van der Waals surface area contributed by atoms with Crippen LogP contribution in [-0.4, -0.2) is 23.1 Å². The molecule has 0 radical (unpaired) electrons. The fourth-order valence-electron chi connectivity index (χ4n) is 4.98. The summed E-state index contributed by atoms with van der Waals surface area (Å²) >= 11 is 0. The van der Waals surface area contributed by atoms with E-state index < -0.39 is 21.6 Å². The third-order valence-corrected chi connectivity index (χ3v) is 8.33. The Morgan fingerprint density at radius 2 is 1.89 bits per heavy atom. The van der Waals surface area contributed by atoms with Crippen LogP contribution in [0.1, 0.15) is 60.5 Å². The Labute approximate surface area is 222 Å². The molecule has 2 aromatic carbocycles. The van der Waals surface area contributed by atoms with Crippen LogP contribution in [0, 0.1) is 5.92 Å². The summed E-state index contributed by atoms with van der Waals surface area (Å²) in [7, 11) is -2.18. The fourth-order valence-corrected chi connectivity index (χ4v) is 6.01. The lowest BCUT2D eigenvalue weighted by atomic mass is 9.86. The Morgan fingerprint density at radius 3 is 2.53 bits per heavy atom. The first-order chi connectivity index (χ1) is 18.2. The van der Waals surface area contributed by atoms with Crippen LogP contribution in [-0.2, 0) is 23.5 Å². The number of aromatic hydroxyl groups is 1. The van der Waals surface area contributed by atoms with Gasteiger partial charge in [0.25, 0.3) is 10.0 Å². The van der Waals surface area contributed by atoms with E-state index in [1.165, 1.54) is 12.5 Å². The zero-order valence-electron chi connectivity index (χ0n) is 21.4. The molecule has 0 saturated heterocycles. The molecule has 4 aromatic rings. The largest absolute Gasteiger partial charge is 0.507 e. The molecule has 1 unspecified atom stereocenters. The lowest BCUT2D eigenvalue weighted by molar-refractivity contribution is 0.379. The van der Waals surface area contributed by atoms with E-state index >= 15 is 0 Å². The smallest absolute Gasteiger partial charge is 0.343 e. The molecule has 0 amide bonds. The normalized spacial score (nSPS) is 15.2. The van der Waals surface area contributed by atoms with Gasteiger partial charge in [0.1, 0.15) is 11.5 Å². The van der Waals surface area contributed by atoms with E-state index in [1.807, 2.05) is 43.3 Å². The highest BCUT2D eigenvalue weighted by Crippen LogP contribution is 2.48. The minimum Gasteiger partial charge on any atom is -0.507 e. The van der Waals surface area contributed by atoms with Crippen LogP contribution >= 0.6 is 0 Å². The standard InChI is InChI=1S/C29H31N3O5S/c1-3-20(14-19-8-5-4-6-9-19)25-16-24(33)28(29(34)37-25)27(21-12-13-21)22-10-7-11-23(15-22)31-38(35,36)26-17-32(2)18-30-26/h4-11,15-18,20-21,27,31,33H,3,12-14H2,1-2H3/t20-,27?/m1/s1. The Hall–Kier alpha value is -3.85. The number of benzene rings is 2. The van der Waals surface area contributed by atoms with Gasteiger partial charge in [-0.25, -0.2) is 9.78 Å². The van der Waals surface area contributed by atoms with Gasteiger partial charge in [-0.05, 0) is 54.9 Å². The van der Waals surface area contributed by atoms with Crippen molar-refractivity contribution in [2.24, 2.45) is 13.0 Å².